The molecule has 0 spiro atoms. The van der Waals surface area contributed by atoms with Gasteiger partial charge in [0.05, 0.1) is 10.6 Å². The number of nitrogens with zero attached hydrogens (tertiary/aromatic N) is 2. The van der Waals surface area contributed by atoms with Gasteiger partial charge < -0.3 is 0 Å². The first kappa shape index (κ1) is 21.4. The molecule has 1 N–H and O–H groups in total. The summed E-state index contributed by atoms with van der Waals surface area (Å²) in [5.41, 5.74) is 2.88. The predicted octanol–water partition coefficient (Wildman–Crippen LogP) is 3.81. The lowest BCUT2D eigenvalue weighted by atomic mass is 10.1. The summed E-state index contributed by atoms with van der Waals surface area (Å²) in [6, 6.07) is 9.84. The maximum Gasteiger partial charge on any atom is 0.271 e. The third kappa shape index (κ3) is 5.01. The number of hydrogen-bond acceptors (Lipinski definition) is 4. The molecule has 2 aromatic carbocycles. The van der Waals surface area contributed by atoms with E-state index in [1.54, 1.807) is 0 Å². The number of rotatable bonds is 5. The summed E-state index contributed by atoms with van der Waals surface area (Å²) in [6.07, 6.45) is 2.67. The number of hydrazone groups is 1. The zero-order chi connectivity index (χ0) is 21.0. The highest BCUT2D eigenvalue weighted by Gasteiger charge is 2.26. The minimum Gasteiger partial charge on any atom is -0.267 e. The molecule has 0 atom stereocenters. The zero-order valence-corrected chi connectivity index (χ0v) is 17.4. The average Bonchev–Trinajstić information content (AvgIpc) is 2.74. The van der Waals surface area contributed by atoms with Gasteiger partial charge in [-0.2, -0.15) is 9.41 Å². The minimum absolute atomic E-state index is 0.0636. The Labute approximate surface area is 174 Å². The van der Waals surface area contributed by atoms with Crippen LogP contribution in [0.5, 0.6) is 0 Å². The minimum atomic E-state index is -3.65. The van der Waals surface area contributed by atoms with Crippen LogP contribution < -0.4 is 5.43 Å². The van der Waals surface area contributed by atoms with Gasteiger partial charge in [-0.05, 0) is 56.2 Å². The van der Waals surface area contributed by atoms with Crippen molar-refractivity contribution in [3.63, 3.8) is 0 Å². The van der Waals surface area contributed by atoms with Gasteiger partial charge in [0, 0.05) is 29.2 Å². The average molecular weight is 438 g/mol. The first-order chi connectivity index (χ1) is 13.8. The van der Waals surface area contributed by atoms with Gasteiger partial charge in [-0.25, -0.2) is 18.2 Å². The Kier molecular flexibility index (Phi) is 6.66. The fourth-order valence-corrected chi connectivity index (χ4v) is 4.82. The van der Waals surface area contributed by atoms with E-state index in [1.165, 1.54) is 53.7 Å². The Hall–Kier alpha value is -2.29. The molecule has 6 nitrogen and oxygen atoms in total. The fourth-order valence-electron chi connectivity index (χ4n) is 3.09. The van der Waals surface area contributed by atoms with Gasteiger partial charge in [-0.15, -0.1) is 0 Å². The van der Waals surface area contributed by atoms with Crippen molar-refractivity contribution < 1.29 is 17.6 Å². The topological polar surface area (TPSA) is 78.8 Å². The summed E-state index contributed by atoms with van der Waals surface area (Å²) in [6.45, 7) is 2.49. The largest absolute Gasteiger partial charge is 0.271 e. The number of piperidine rings is 1. The third-order valence-corrected chi connectivity index (χ3v) is 6.82. The molecule has 154 valence electrons. The summed E-state index contributed by atoms with van der Waals surface area (Å²) in [7, 11) is -3.65. The molecule has 1 aliphatic heterocycles. The molecule has 1 heterocycles. The van der Waals surface area contributed by atoms with Crippen molar-refractivity contribution in [3.8, 4) is 0 Å². The number of carbonyl (C=O) groups is 1. The Balaban J connectivity index is 1.78. The first-order valence-corrected chi connectivity index (χ1v) is 11.0. The van der Waals surface area contributed by atoms with Crippen LogP contribution in [-0.2, 0) is 10.0 Å². The van der Waals surface area contributed by atoms with E-state index < -0.39 is 21.7 Å². The van der Waals surface area contributed by atoms with Crippen molar-refractivity contribution in [1.29, 1.82) is 0 Å². The van der Waals surface area contributed by atoms with Gasteiger partial charge in [-0.3, -0.25) is 4.79 Å². The molecule has 0 aromatic heterocycles. The second-order valence-corrected chi connectivity index (χ2v) is 9.13. The quantitative estimate of drug-likeness (QED) is 0.570. The number of halogens is 2. The Bertz CT molecular complexity index is 1050. The summed E-state index contributed by atoms with van der Waals surface area (Å²) in [5, 5.41) is 4.26. The summed E-state index contributed by atoms with van der Waals surface area (Å²) < 4.78 is 40.9. The standard InChI is InChI=1S/C20H21ClFN3O3S/c1-14(18-13-16(21)8-9-19(18)22)23-24-20(26)15-6-5-7-17(12-15)29(27,28)25-10-3-2-4-11-25/h5-9,12-13H,2-4,10-11H2,1H3,(H,24,26)/b23-14+. The van der Waals surface area contributed by atoms with Gasteiger partial charge in [0.25, 0.3) is 5.91 Å². The molecule has 0 saturated carbocycles. The molecule has 1 amide bonds. The summed E-state index contributed by atoms with van der Waals surface area (Å²) in [4.78, 5) is 12.5. The molecule has 9 heteroatoms. The van der Waals surface area contributed by atoms with Gasteiger partial charge in [-0.1, -0.05) is 24.1 Å². The molecule has 0 radical (unpaired) electrons. The molecule has 2 aromatic rings. The number of amides is 1. The van der Waals surface area contributed by atoms with Crippen molar-refractivity contribution in [2.75, 3.05) is 13.1 Å². The van der Waals surface area contributed by atoms with Crippen LogP contribution in [0.25, 0.3) is 0 Å². The highest BCUT2D eigenvalue weighted by Crippen LogP contribution is 2.21. The number of nitrogens with one attached hydrogen (secondary N) is 1. The van der Waals surface area contributed by atoms with Crippen LogP contribution in [0.2, 0.25) is 5.02 Å². The highest BCUT2D eigenvalue weighted by molar-refractivity contribution is 7.89. The molecule has 1 saturated heterocycles. The summed E-state index contributed by atoms with van der Waals surface area (Å²) >= 11 is 5.87. The molecule has 1 aliphatic rings. The molecule has 0 bridgehead atoms. The maximum absolute atomic E-state index is 13.9. The van der Waals surface area contributed by atoms with Crippen molar-refractivity contribution in [3.05, 3.63) is 64.4 Å². The zero-order valence-electron chi connectivity index (χ0n) is 15.9. The van der Waals surface area contributed by atoms with Crippen LogP contribution in [0.1, 0.15) is 42.1 Å². The van der Waals surface area contributed by atoms with Crippen molar-refractivity contribution >= 4 is 33.2 Å². The van der Waals surface area contributed by atoms with E-state index in [9.17, 15) is 17.6 Å². The van der Waals surface area contributed by atoms with E-state index in [1.807, 2.05) is 0 Å². The van der Waals surface area contributed by atoms with E-state index in [-0.39, 0.29) is 21.7 Å². The Morgan fingerprint density at radius 1 is 1.14 bits per heavy atom. The third-order valence-electron chi connectivity index (χ3n) is 4.69. The molecule has 29 heavy (non-hydrogen) atoms. The van der Waals surface area contributed by atoms with Crippen molar-refractivity contribution in [1.82, 2.24) is 9.73 Å². The molecule has 3 rings (SSSR count). The normalized spacial score (nSPS) is 15.9. The van der Waals surface area contributed by atoms with Gasteiger partial charge >= 0.3 is 0 Å². The van der Waals surface area contributed by atoms with E-state index in [4.69, 9.17) is 11.6 Å². The molecular weight excluding hydrogens is 417 g/mol. The van der Waals surface area contributed by atoms with Crippen molar-refractivity contribution in [2.24, 2.45) is 5.10 Å². The molecule has 1 fully saturated rings. The lowest BCUT2D eigenvalue weighted by Gasteiger charge is -2.25. The SMILES string of the molecule is C/C(=N\NC(=O)c1cccc(S(=O)(=O)N2CCCCC2)c1)c1cc(Cl)ccc1F. The van der Waals surface area contributed by atoms with E-state index >= 15 is 0 Å². The fraction of sp³-hybridized carbons (Fsp3) is 0.300. The van der Waals surface area contributed by atoms with Gasteiger partial charge in [0.2, 0.25) is 10.0 Å². The predicted molar refractivity (Wildman–Crippen MR) is 110 cm³/mol. The van der Waals surface area contributed by atoms with Crippen LogP contribution in [0, 0.1) is 5.82 Å². The second kappa shape index (κ2) is 9.02. The lowest BCUT2D eigenvalue weighted by Crippen LogP contribution is -2.35. The number of carbonyl (C=O) groups excluding carboxylic acids is 1. The van der Waals surface area contributed by atoms with Crippen LogP contribution in [0.15, 0.2) is 52.5 Å². The van der Waals surface area contributed by atoms with Crippen LogP contribution in [0.3, 0.4) is 0 Å². The second-order valence-electron chi connectivity index (χ2n) is 6.75. The van der Waals surface area contributed by atoms with Crippen LogP contribution >= 0.6 is 11.6 Å². The molecular formula is C20H21ClFN3O3S. The Morgan fingerprint density at radius 2 is 1.86 bits per heavy atom. The van der Waals surface area contributed by atoms with Gasteiger partial charge in [0.1, 0.15) is 5.82 Å². The van der Waals surface area contributed by atoms with E-state index in [2.05, 4.69) is 10.5 Å². The monoisotopic (exact) mass is 437 g/mol. The van der Waals surface area contributed by atoms with E-state index in [0.717, 1.165) is 19.3 Å². The van der Waals surface area contributed by atoms with Crippen molar-refractivity contribution in [2.45, 2.75) is 31.1 Å². The van der Waals surface area contributed by atoms with Gasteiger partial charge in [0.15, 0.2) is 0 Å². The number of sulfonamides is 1. The van der Waals surface area contributed by atoms with Crippen LogP contribution in [0.4, 0.5) is 4.39 Å². The Morgan fingerprint density at radius 3 is 2.59 bits per heavy atom. The highest BCUT2D eigenvalue weighted by atomic mass is 35.5. The first-order valence-electron chi connectivity index (χ1n) is 9.19. The molecule has 0 aliphatic carbocycles. The molecule has 0 unspecified atom stereocenters. The van der Waals surface area contributed by atoms with E-state index in [0.29, 0.717) is 18.1 Å². The maximum atomic E-state index is 13.9. The lowest BCUT2D eigenvalue weighted by molar-refractivity contribution is 0.0954. The number of hydrogen-bond donors (Lipinski definition) is 1. The number of benzene rings is 2. The summed E-state index contributed by atoms with van der Waals surface area (Å²) in [5.74, 6) is -1.11. The smallest absolute Gasteiger partial charge is 0.267 e. The van der Waals surface area contributed by atoms with Crippen LogP contribution in [-0.4, -0.2) is 37.4 Å².